The van der Waals surface area contributed by atoms with Gasteiger partial charge in [0.1, 0.15) is 0 Å². The molecule has 0 aliphatic heterocycles. The van der Waals surface area contributed by atoms with E-state index in [1.165, 1.54) is 34.8 Å². The third-order valence-electron chi connectivity index (χ3n) is 3.34. The van der Waals surface area contributed by atoms with Crippen LogP contribution in [-0.2, 0) is 0 Å². The third-order valence-corrected chi connectivity index (χ3v) is 8.57. The first-order valence-corrected chi connectivity index (χ1v) is 11.8. The van der Waals surface area contributed by atoms with E-state index in [1.54, 1.807) is 3.57 Å². The van der Waals surface area contributed by atoms with Crippen LogP contribution in [0.3, 0.4) is 0 Å². The maximum atomic E-state index is 2.50. The van der Waals surface area contributed by atoms with Gasteiger partial charge in [0.05, 0.1) is 0 Å². The van der Waals surface area contributed by atoms with E-state index in [4.69, 9.17) is 0 Å². The van der Waals surface area contributed by atoms with Crippen LogP contribution in [0, 0.1) is 3.57 Å². The first-order valence-electron chi connectivity index (χ1n) is 7.02. The van der Waals surface area contributed by atoms with Gasteiger partial charge >= 0.3 is 125 Å². The molecule has 1 heteroatoms. The Morgan fingerprint density at radius 1 is 0.789 bits per heavy atom. The van der Waals surface area contributed by atoms with Gasteiger partial charge in [-0.15, -0.1) is 0 Å². The third kappa shape index (κ3) is 4.34. The summed E-state index contributed by atoms with van der Waals surface area (Å²) in [4.78, 5) is 2.50. The summed E-state index contributed by atoms with van der Waals surface area (Å²) in [5.74, 6) is 0. The molecule has 2 aromatic carbocycles. The van der Waals surface area contributed by atoms with Crippen LogP contribution in [0.4, 0.5) is 0 Å². The molecule has 0 nitrogen and oxygen atoms in total. The molecule has 2 aromatic rings. The van der Waals surface area contributed by atoms with Gasteiger partial charge in [-0.05, 0) is 0 Å². The Hall–Kier alpha value is -0.830. The summed E-state index contributed by atoms with van der Waals surface area (Å²) >= 11 is -0.884. The number of benzene rings is 2. The molecule has 0 N–H and O–H groups in total. The average molecular weight is 366 g/mol. The average Bonchev–Trinajstić information content (AvgIpc) is 2.48. The monoisotopic (exact) mass is 366 g/mol. The van der Waals surface area contributed by atoms with Crippen molar-refractivity contribution in [3.8, 4) is 11.1 Å². The first-order chi connectivity index (χ1) is 9.31. The van der Waals surface area contributed by atoms with E-state index >= 15 is 0 Å². The van der Waals surface area contributed by atoms with Gasteiger partial charge in [-0.1, -0.05) is 0 Å². The van der Waals surface area contributed by atoms with Crippen molar-refractivity contribution < 1.29 is 0 Å². The molecule has 0 radical (unpaired) electrons. The Balaban J connectivity index is 2.02. The summed E-state index contributed by atoms with van der Waals surface area (Å²) in [5.41, 5.74) is 2.65. The van der Waals surface area contributed by atoms with Crippen molar-refractivity contribution in [2.45, 2.75) is 26.2 Å². The predicted molar refractivity (Wildman–Crippen MR) is 94.9 cm³/mol. The van der Waals surface area contributed by atoms with E-state index in [2.05, 4.69) is 66.5 Å². The fourth-order valence-corrected chi connectivity index (χ4v) is 6.04. The quantitative estimate of drug-likeness (QED) is 0.342. The molecule has 0 atom stereocenters. The zero-order valence-electron chi connectivity index (χ0n) is 11.9. The topological polar surface area (TPSA) is 0 Å². The Morgan fingerprint density at radius 2 is 1.42 bits per heavy atom. The van der Waals surface area contributed by atoms with Crippen molar-refractivity contribution >= 4 is 19.8 Å². The molecule has 19 heavy (non-hydrogen) atoms. The Bertz CT molecular complexity index is 473. The van der Waals surface area contributed by atoms with Gasteiger partial charge in [0.15, 0.2) is 0 Å². The predicted octanol–water partition coefficient (Wildman–Crippen LogP) is 5.85. The zero-order chi connectivity index (χ0) is 13.5. The minimum absolute atomic E-state index is 0.884. The second-order valence-electron chi connectivity index (χ2n) is 4.86. The maximum absolute atomic E-state index is 2.50. The van der Waals surface area contributed by atoms with Crippen LogP contribution in [0.5, 0.6) is 0 Å². The van der Waals surface area contributed by atoms with E-state index in [9.17, 15) is 0 Å². The summed E-state index contributed by atoms with van der Waals surface area (Å²) < 4.78 is 3.09. The van der Waals surface area contributed by atoms with Crippen molar-refractivity contribution in [1.82, 2.24) is 0 Å². The van der Waals surface area contributed by atoms with Gasteiger partial charge in [-0.25, -0.2) is 0 Å². The zero-order valence-corrected chi connectivity index (χ0v) is 14.1. The van der Waals surface area contributed by atoms with E-state index < -0.39 is 19.8 Å². The molecule has 0 spiro atoms. The molecule has 0 aromatic heterocycles. The van der Waals surface area contributed by atoms with Crippen molar-refractivity contribution in [3.05, 3.63) is 58.2 Å². The van der Waals surface area contributed by atoms with E-state index in [1.807, 2.05) is 0 Å². The van der Waals surface area contributed by atoms with Gasteiger partial charge in [0, 0.05) is 0 Å². The molecule has 0 bridgehead atoms. The molecule has 0 heterocycles. The Morgan fingerprint density at radius 3 is 2.05 bits per heavy atom. The van der Waals surface area contributed by atoms with Crippen LogP contribution in [0.15, 0.2) is 54.6 Å². The number of rotatable bonds is 6. The molecule has 0 amide bonds. The Kier molecular flexibility index (Phi) is 5.90. The normalized spacial score (nSPS) is 11.4. The summed E-state index contributed by atoms with van der Waals surface area (Å²) in [6.45, 7) is 2.28. The van der Waals surface area contributed by atoms with Gasteiger partial charge in [0.2, 0.25) is 0 Å². The Labute approximate surface area is 124 Å². The van der Waals surface area contributed by atoms with Gasteiger partial charge < -0.3 is 0 Å². The molecular weight excluding hydrogens is 343 g/mol. The fraction of sp³-hybridized carbons (Fsp3) is 0.333. The van der Waals surface area contributed by atoms with Crippen molar-refractivity contribution in [1.29, 1.82) is 0 Å². The first kappa shape index (κ1) is 14.6. The van der Waals surface area contributed by atoms with E-state index in [0.717, 1.165) is 0 Å². The summed E-state index contributed by atoms with van der Waals surface area (Å²) in [6.07, 6.45) is 4.14. The van der Waals surface area contributed by atoms with Crippen LogP contribution in [0.2, 0.25) is 0 Å². The van der Waals surface area contributed by atoms with Gasteiger partial charge in [0.25, 0.3) is 0 Å². The van der Waals surface area contributed by atoms with Gasteiger partial charge in [-0.2, -0.15) is 0 Å². The van der Waals surface area contributed by atoms with Crippen LogP contribution >= 0.6 is 19.8 Å². The molecule has 0 saturated heterocycles. The summed E-state index contributed by atoms with van der Waals surface area (Å²) in [5, 5.41) is 0. The molecule has 0 unspecified atom stereocenters. The van der Waals surface area contributed by atoms with Crippen LogP contribution < -0.4 is 0 Å². The van der Waals surface area contributed by atoms with Crippen molar-refractivity contribution in [3.63, 3.8) is 0 Å². The molecule has 0 fully saturated rings. The van der Waals surface area contributed by atoms with Crippen LogP contribution in [0.1, 0.15) is 26.2 Å². The van der Waals surface area contributed by atoms with E-state index in [-0.39, 0.29) is 0 Å². The number of halogens is 1. The molecule has 102 valence electrons. The van der Waals surface area contributed by atoms with Crippen LogP contribution in [0.25, 0.3) is 11.1 Å². The summed E-state index contributed by atoms with van der Waals surface area (Å²) in [6, 6.07) is 19.9. The fourth-order valence-electron chi connectivity index (χ4n) is 2.14. The van der Waals surface area contributed by atoms with Gasteiger partial charge in [-0.3, -0.25) is 0 Å². The SMILES string of the molecule is CCCCCI(C)c1ccc(-c2ccccc2)cc1. The summed E-state index contributed by atoms with van der Waals surface area (Å²) in [7, 11) is 0. The number of unbranched alkanes of at least 4 members (excludes halogenated alkanes) is 2. The molecular formula is C18H23I. The minimum atomic E-state index is -0.884. The molecule has 0 aliphatic carbocycles. The second kappa shape index (κ2) is 7.68. The number of hydrogen-bond acceptors (Lipinski definition) is 0. The standard InChI is InChI=1S/C18H23I/c1-3-4-8-15-19(2)18-13-11-17(12-14-18)16-9-6-5-7-10-16/h5-7,9-14H,3-4,8,15H2,1-2H3. The molecule has 0 saturated carbocycles. The van der Waals surface area contributed by atoms with Crippen molar-refractivity contribution in [2.24, 2.45) is 0 Å². The second-order valence-corrected chi connectivity index (χ2v) is 10.6. The van der Waals surface area contributed by atoms with E-state index in [0.29, 0.717) is 0 Å². The molecule has 0 aliphatic rings. The van der Waals surface area contributed by atoms with Crippen LogP contribution in [-0.4, -0.2) is 9.36 Å². The molecule has 2 rings (SSSR count). The number of alkyl halides is 2. The number of hydrogen-bond donors (Lipinski definition) is 0. The van der Waals surface area contributed by atoms with Crippen molar-refractivity contribution in [2.75, 3.05) is 9.36 Å².